The zero-order valence-corrected chi connectivity index (χ0v) is 23.4. The van der Waals surface area contributed by atoms with Gasteiger partial charge >= 0.3 is 6.03 Å². The number of hydrogen-bond acceptors (Lipinski definition) is 7. The molecule has 2 atom stereocenters. The third-order valence-corrected chi connectivity index (χ3v) is 7.55. The minimum absolute atomic E-state index is 0.207. The summed E-state index contributed by atoms with van der Waals surface area (Å²) in [5, 5.41) is 12.1. The zero-order valence-electron chi connectivity index (χ0n) is 23.4. The lowest BCUT2D eigenvalue weighted by Gasteiger charge is -2.44. The Morgan fingerprint density at radius 2 is 1.73 bits per heavy atom. The Hall–Kier alpha value is -3.92. The molecular weight excluding hydrogens is 508 g/mol. The Balaban J connectivity index is 1.08. The number of carbonyl (C=O) groups excluding carboxylic acids is 2. The van der Waals surface area contributed by atoms with Gasteiger partial charge in [-0.2, -0.15) is 0 Å². The molecule has 10 heteroatoms. The highest BCUT2D eigenvalue weighted by atomic mass is 16.5. The van der Waals surface area contributed by atoms with Gasteiger partial charge in [-0.3, -0.25) is 15.0 Å². The largest absolute Gasteiger partial charge is 0.492 e. The minimum atomic E-state index is -0.448. The number of urea groups is 1. The molecule has 2 fully saturated rings. The van der Waals surface area contributed by atoms with E-state index in [1.807, 2.05) is 20.8 Å². The minimum Gasteiger partial charge on any atom is -0.492 e. The van der Waals surface area contributed by atoms with Gasteiger partial charge in [0.15, 0.2) is 5.82 Å². The van der Waals surface area contributed by atoms with Gasteiger partial charge < -0.3 is 19.9 Å². The van der Waals surface area contributed by atoms with Gasteiger partial charge in [0.25, 0.3) is 5.91 Å². The molecule has 0 unspecified atom stereocenters. The van der Waals surface area contributed by atoms with Crippen LogP contribution in [0.15, 0.2) is 53.2 Å². The molecule has 0 saturated carbocycles. The van der Waals surface area contributed by atoms with Gasteiger partial charge in [0.05, 0.1) is 12.8 Å². The Kier molecular flexibility index (Phi) is 8.35. The van der Waals surface area contributed by atoms with Crippen LogP contribution in [0.3, 0.4) is 0 Å². The van der Waals surface area contributed by atoms with Crippen LogP contribution >= 0.6 is 0 Å². The lowest BCUT2D eigenvalue weighted by molar-refractivity contribution is 0.0365. The van der Waals surface area contributed by atoms with Crippen molar-refractivity contribution in [3.05, 3.63) is 60.1 Å². The average Bonchev–Trinajstić information content (AvgIpc) is 3.42. The van der Waals surface area contributed by atoms with Crippen LogP contribution in [0.1, 0.15) is 69.1 Å². The number of amides is 3. The van der Waals surface area contributed by atoms with Crippen molar-refractivity contribution in [2.75, 3.05) is 35.6 Å². The average molecular weight is 547 g/mol. The van der Waals surface area contributed by atoms with Crippen LogP contribution in [-0.4, -0.2) is 52.7 Å². The molecule has 2 saturated heterocycles. The van der Waals surface area contributed by atoms with E-state index in [9.17, 15) is 9.59 Å². The standard InChI is InChI=1S/C30H38N6O4/c1-30(2,3)26-17-27(35-40-26)34-29(38)33-22-11-9-21(10-12-22)32-28(37)24-14-13-23(18-31-24)39-19-20-7-6-16-36-15-5-4-8-25(20)36/h9-14,17-18,20,25H,4-8,15-16,19H2,1-3H3,(H,32,37)(H2,33,34,35,38)/t20-,25+/m1/s1. The first-order chi connectivity index (χ1) is 19.2. The lowest BCUT2D eigenvalue weighted by atomic mass is 9.84. The molecule has 212 valence electrons. The molecule has 40 heavy (non-hydrogen) atoms. The number of piperidine rings is 2. The van der Waals surface area contributed by atoms with Gasteiger partial charge in [0.2, 0.25) is 0 Å². The normalized spacial score (nSPS) is 19.4. The van der Waals surface area contributed by atoms with Crippen molar-refractivity contribution >= 4 is 29.1 Å². The van der Waals surface area contributed by atoms with Crippen molar-refractivity contribution in [2.45, 2.75) is 64.3 Å². The molecule has 1 aromatic carbocycles. The summed E-state index contributed by atoms with van der Waals surface area (Å²) in [7, 11) is 0. The molecule has 3 amide bonds. The van der Waals surface area contributed by atoms with Gasteiger partial charge in [-0.15, -0.1) is 0 Å². The van der Waals surface area contributed by atoms with Crippen LogP contribution in [0, 0.1) is 5.92 Å². The summed E-state index contributed by atoms with van der Waals surface area (Å²) in [6.45, 7) is 9.10. The van der Waals surface area contributed by atoms with Gasteiger partial charge in [0.1, 0.15) is 17.2 Å². The number of carbonyl (C=O) groups is 2. The van der Waals surface area contributed by atoms with Crippen molar-refractivity contribution < 1.29 is 18.8 Å². The maximum atomic E-state index is 12.7. The molecule has 2 aliphatic rings. The van der Waals surface area contributed by atoms with E-state index in [4.69, 9.17) is 9.26 Å². The number of rotatable bonds is 7. The van der Waals surface area contributed by atoms with Crippen molar-refractivity contribution in [2.24, 2.45) is 5.92 Å². The molecular formula is C30H38N6O4. The second-order valence-electron chi connectivity index (χ2n) is 11.6. The van der Waals surface area contributed by atoms with Crippen LogP contribution in [0.25, 0.3) is 0 Å². The summed E-state index contributed by atoms with van der Waals surface area (Å²) in [5.41, 5.74) is 1.23. The van der Waals surface area contributed by atoms with Crippen LogP contribution in [0.5, 0.6) is 5.75 Å². The number of nitrogens with zero attached hydrogens (tertiary/aromatic N) is 3. The maximum absolute atomic E-state index is 12.7. The van der Waals surface area contributed by atoms with Gasteiger partial charge in [-0.25, -0.2) is 9.78 Å². The van der Waals surface area contributed by atoms with Crippen molar-refractivity contribution in [3.8, 4) is 5.75 Å². The van der Waals surface area contributed by atoms with E-state index in [0.717, 1.165) is 0 Å². The number of nitrogens with one attached hydrogen (secondary N) is 3. The fourth-order valence-electron chi connectivity index (χ4n) is 5.37. The topological polar surface area (TPSA) is 122 Å². The van der Waals surface area contributed by atoms with Crippen LogP contribution in [-0.2, 0) is 5.41 Å². The van der Waals surface area contributed by atoms with Gasteiger partial charge in [-0.05, 0) is 75.2 Å². The lowest BCUT2D eigenvalue weighted by Crippen LogP contribution is -2.49. The molecule has 0 spiro atoms. The SMILES string of the molecule is CC(C)(C)c1cc(NC(=O)Nc2ccc(NC(=O)c3ccc(OC[C@H]4CCCN5CCCC[C@@H]45)cn3)cc2)no1. The summed E-state index contributed by atoms with van der Waals surface area (Å²) >= 11 is 0. The number of ether oxygens (including phenoxy) is 1. The summed E-state index contributed by atoms with van der Waals surface area (Å²) in [6, 6.07) is 12.2. The molecule has 10 nitrogen and oxygen atoms in total. The highest BCUT2D eigenvalue weighted by Gasteiger charge is 2.33. The van der Waals surface area contributed by atoms with E-state index >= 15 is 0 Å². The van der Waals surface area contributed by atoms with E-state index < -0.39 is 6.03 Å². The Morgan fingerprint density at radius 3 is 2.42 bits per heavy atom. The summed E-state index contributed by atoms with van der Waals surface area (Å²) in [6.07, 6.45) is 7.92. The third-order valence-electron chi connectivity index (χ3n) is 7.55. The first-order valence-electron chi connectivity index (χ1n) is 14.0. The quantitative estimate of drug-likeness (QED) is 0.337. The molecule has 3 N–H and O–H groups in total. The predicted molar refractivity (Wildman–Crippen MR) is 154 cm³/mol. The molecule has 3 aromatic rings. The smallest absolute Gasteiger partial charge is 0.324 e. The van der Waals surface area contributed by atoms with Crippen molar-refractivity contribution in [1.82, 2.24) is 15.0 Å². The Bertz CT molecular complexity index is 1300. The molecule has 5 rings (SSSR count). The molecule has 0 bridgehead atoms. The van der Waals surface area contributed by atoms with Crippen molar-refractivity contribution in [1.29, 1.82) is 0 Å². The number of fused-ring (bicyclic) bond motifs is 1. The fourth-order valence-corrected chi connectivity index (χ4v) is 5.37. The first kappa shape index (κ1) is 27.6. The molecule has 0 aliphatic carbocycles. The molecule has 4 heterocycles. The summed E-state index contributed by atoms with van der Waals surface area (Å²) < 4.78 is 11.4. The predicted octanol–water partition coefficient (Wildman–Crippen LogP) is 5.91. The second kappa shape index (κ2) is 12.1. The third kappa shape index (κ3) is 6.98. The van der Waals surface area contributed by atoms with Crippen LogP contribution in [0.4, 0.5) is 22.0 Å². The molecule has 0 radical (unpaired) electrons. The van der Waals surface area contributed by atoms with E-state index in [-0.39, 0.29) is 11.3 Å². The highest BCUT2D eigenvalue weighted by Crippen LogP contribution is 2.31. The van der Waals surface area contributed by atoms with E-state index in [1.165, 1.54) is 45.2 Å². The fraction of sp³-hybridized carbons (Fsp3) is 0.467. The van der Waals surface area contributed by atoms with Gasteiger partial charge in [0, 0.05) is 34.8 Å². The van der Waals surface area contributed by atoms with E-state index in [1.54, 1.807) is 48.7 Å². The van der Waals surface area contributed by atoms with Crippen molar-refractivity contribution in [3.63, 3.8) is 0 Å². The number of anilines is 3. The molecule has 2 aliphatic heterocycles. The Morgan fingerprint density at radius 1 is 0.975 bits per heavy atom. The number of pyridine rings is 1. The number of aromatic nitrogens is 2. The first-order valence-corrected chi connectivity index (χ1v) is 14.0. The second-order valence-corrected chi connectivity index (χ2v) is 11.6. The summed E-state index contributed by atoms with van der Waals surface area (Å²) in [4.78, 5) is 32.0. The van der Waals surface area contributed by atoms with Crippen LogP contribution in [0.2, 0.25) is 0 Å². The van der Waals surface area contributed by atoms with E-state index in [0.29, 0.717) is 53.0 Å². The van der Waals surface area contributed by atoms with Gasteiger partial charge in [-0.1, -0.05) is 32.3 Å². The van der Waals surface area contributed by atoms with Crippen LogP contribution < -0.4 is 20.7 Å². The molecule has 2 aromatic heterocycles. The highest BCUT2D eigenvalue weighted by molar-refractivity contribution is 6.03. The summed E-state index contributed by atoms with van der Waals surface area (Å²) in [5.74, 6) is 1.91. The maximum Gasteiger partial charge on any atom is 0.324 e. The monoisotopic (exact) mass is 546 g/mol. The number of hydrogen-bond donors (Lipinski definition) is 3. The van der Waals surface area contributed by atoms with E-state index in [2.05, 4.69) is 31.0 Å². The zero-order chi connectivity index (χ0) is 28.1. The Labute approximate surface area is 234 Å². The number of benzene rings is 1.